The Hall–Kier alpha value is -2.42. The van der Waals surface area contributed by atoms with Crippen LogP contribution in [0.15, 0.2) is 53.4 Å². The molecule has 7 nitrogen and oxygen atoms in total. The van der Waals surface area contributed by atoms with E-state index in [1.54, 1.807) is 25.3 Å². The SMILES string of the molecule is COc1ccccc1C(CNC(=O)c1cccc(S(=O)(=O)N2CCCCC2)c1)N(C)C. The van der Waals surface area contributed by atoms with E-state index in [0.717, 1.165) is 30.6 Å². The lowest BCUT2D eigenvalue weighted by molar-refractivity contribution is 0.0941. The largest absolute Gasteiger partial charge is 0.496 e. The minimum absolute atomic E-state index is 0.0969. The lowest BCUT2D eigenvalue weighted by Crippen LogP contribution is -2.36. The van der Waals surface area contributed by atoms with Crippen molar-refractivity contribution in [3.05, 3.63) is 59.7 Å². The summed E-state index contributed by atoms with van der Waals surface area (Å²) in [7, 11) is 1.92. The van der Waals surface area contributed by atoms with Gasteiger partial charge in [-0.2, -0.15) is 4.31 Å². The van der Waals surface area contributed by atoms with E-state index < -0.39 is 10.0 Å². The number of carbonyl (C=O) groups is 1. The fourth-order valence-corrected chi connectivity index (χ4v) is 5.42. The van der Waals surface area contributed by atoms with Crippen molar-refractivity contribution in [1.82, 2.24) is 14.5 Å². The molecule has 2 aromatic carbocycles. The summed E-state index contributed by atoms with van der Waals surface area (Å²) in [6, 6.07) is 13.9. The molecular formula is C23H31N3O4S. The van der Waals surface area contributed by atoms with Crippen LogP contribution in [0.5, 0.6) is 5.75 Å². The van der Waals surface area contributed by atoms with E-state index >= 15 is 0 Å². The number of nitrogens with one attached hydrogen (secondary N) is 1. The first kappa shape index (κ1) is 23.2. The summed E-state index contributed by atoms with van der Waals surface area (Å²) in [6.07, 6.45) is 2.79. The highest BCUT2D eigenvalue weighted by Crippen LogP contribution is 2.27. The van der Waals surface area contributed by atoms with Gasteiger partial charge in [0.1, 0.15) is 5.75 Å². The Bertz CT molecular complexity index is 1000. The van der Waals surface area contributed by atoms with E-state index in [1.165, 1.54) is 10.4 Å². The van der Waals surface area contributed by atoms with Gasteiger partial charge in [-0.3, -0.25) is 4.79 Å². The van der Waals surface area contributed by atoms with Crippen LogP contribution in [0.1, 0.15) is 41.2 Å². The molecule has 0 aromatic heterocycles. The first-order valence-corrected chi connectivity index (χ1v) is 12.0. The lowest BCUT2D eigenvalue weighted by atomic mass is 10.0. The summed E-state index contributed by atoms with van der Waals surface area (Å²) in [4.78, 5) is 15.0. The van der Waals surface area contributed by atoms with Gasteiger partial charge in [-0.05, 0) is 51.2 Å². The van der Waals surface area contributed by atoms with Crippen LogP contribution in [-0.4, -0.2) is 64.4 Å². The van der Waals surface area contributed by atoms with Crippen LogP contribution in [0.3, 0.4) is 0 Å². The average Bonchev–Trinajstić information content (AvgIpc) is 2.79. The number of nitrogens with zero attached hydrogens (tertiary/aromatic N) is 2. The number of amides is 1. The van der Waals surface area contributed by atoms with E-state index in [4.69, 9.17) is 4.74 Å². The van der Waals surface area contributed by atoms with Gasteiger partial charge in [0.25, 0.3) is 5.91 Å². The van der Waals surface area contributed by atoms with Crippen molar-refractivity contribution in [2.75, 3.05) is 40.8 Å². The molecule has 1 atom stereocenters. The van der Waals surface area contributed by atoms with Crippen molar-refractivity contribution in [3.63, 3.8) is 0 Å². The van der Waals surface area contributed by atoms with E-state index in [-0.39, 0.29) is 16.8 Å². The van der Waals surface area contributed by atoms with Gasteiger partial charge in [0.15, 0.2) is 0 Å². The summed E-state index contributed by atoms with van der Waals surface area (Å²) in [6.45, 7) is 1.42. The Morgan fingerprint density at radius 3 is 2.48 bits per heavy atom. The van der Waals surface area contributed by atoms with Gasteiger partial charge in [-0.25, -0.2) is 8.42 Å². The summed E-state index contributed by atoms with van der Waals surface area (Å²) >= 11 is 0. The van der Waals surface area contributed by atoms with Crippen LogP contribution < -0.4 is 10.1 Å². The number of para-hydroxylation sites is 1. The second kappa shape index (κ2) is 10.3. The molecule has 168 valence electrons. The number of sulfonamides is 1. The van der Waals surface area contributed by atoms with Crippen molar-refractivity contribution in [1.29, 1.82) is 0 Å². The monoisotopic (exact) mass is 445 g/mol. The zero-order valence-corrected chi connectivity index (χ0v) is 19.2. The Morgan fingerprint density at radius 2 is 1.81 bits per heavy atom. The molecular weight excluding hydrogens is 414 g/mol. The van der Waals surface area contributed by atoms with Gasteiger partial charge in [-0.1, -0.05) is 30.7 Å². The molecule has 0 aliphatic carbocycles. The molecule has 1 fully saturated rings. The second-order valence-corrected chi connectivity index (χ2v) is 9.86. The second-order valence-electron chi connectivity index (χ2n) is 7.92. The average molecular weight is 446 g/mol. The van der Waals surface area contributed by atoms with Crippen LogP contribution in [0.4, 0.5) is 0 Å². The van der Waals surface area contributed by atoms with Gasteiger partial charge in [-0.15, -0.1) is 0 Å². The van der Waals surface area contributed by atoms with Gasteiger partial charge >= 0.3 is 0 Å². The molecule has 1 amide bonds. The molecule has 1 heterocycles. The summed E-state index contributed by atoms with van der Waals surface area (Å²) < 4.78 is 32.9. The van der Waals surface area contributed by atoms with Gasteiger partial charge in [0.2, 0.25) is 10.0 Å². The highest BCUT2D eigenvalue weighted by Gasteiger charge is 2.26. The van der Waals surface area contributed by atoms with E-state index in [9.17, 15) is 13.2 Å². The first-order valence-electron chi connectivity index (χ1n) is 10.5. The summed E-state index contributed by atoms with van der Waals surface area (Å²) in [5, 5.41) is 2.94. The molecule has 1 aliphatic rings. The number of hydrogen-bond acceptors (Lipinski definition) is 5. The molecule has 0 spiro atoms. The zero-order valence-electron chi connectivity index (χ0n) is 18.4. The Balaban J connectivity index is 1.75. The maximum Gasteiger partial charge on any atom is 0.251 e. The van der Waals surface area contributed by atoms with Crippen LogP contribution in [0, 0.1) is 0 Å². The number of methoxy groups -OCH3 is 1. The number of rotatable bonds is 8. The van der Waals surface area contributed by atoms with Crippen LogP contribution >= 0.6 is 0 Å². The lowest BCUT2D eigenvalue weighted by Gasteiger charge is -2.27. The number of piperidine rings is 1. The number of hydrogen-bond donors (Lipinski definition) is 1. The van der Waals surface area contributed by atoms with Gasteiger partial charge < -0.3 is 15.0 Å². The molecule has 31 heavy (non-hydrogen) atoms. The van der Waals surface area contributed by atoms with Crippen LogP contribution in [0.2, 0.25) is 0 Å². The Kier molecular flexibility index (Phi) is 7.69. The van der Waals surface area contributed by atoms with Crippen molar-refractivity contribution >= 4 is 15.9 Å². The predicted molar refractivity (Wildman–Crippen MR) is 121 cm³/mol. The van der Waals surface area contributed by atoms with Crippen molar-refractivity contribution in [2.45, 2.75) is 30.2 Å². The third-order valence-corrected chi connectivity index (χ3v) is 7.52. The zero-order chi connectivity index (χ0) is 22.4. The number of carbonyl (C=O) groups excluding carboxylic acids is 1. The minimum Gasteiger partial charge on any atom is -0.496 e. The molecule has 3 rings (SSSR count). The van der Waals surface area contributed by atoms with Crippen molar-refractivity contribution in [3.8, 4) is 5.75 Å². The normalized spacial score (nSPS) is 16.1. The fraction of sp³-hybridized carbons (Fsp3) is 0.435. The van der Waals surface area contributed by atoms with Crippen LogP contribution in [0.25, 0.3) is 0 Å². The highest BCUT2D eigenvalue weighted by atomic mass is 32.2. The van der Waals surface area contributed by atoms with E-state index in [2.05, 4.69) is 5.32 Å². The molecule has 1 N–H and O–H groups in total. The number of benzene rings is 2. The smallest absolute Gasteiger partial charge is 0.251 e. The van der Waals surface area contributed by atoms with Gasteiger partial charge in [0, 0.05) is 30.8 Å². The maximum atomic E-state index is 12.9. The highest BCUT2D eigenvalue weighted by molar-refractivity contribution is 7.89. The van der Waals surface area contributed by atoms with E-state index in [0.29, 0.717) is 25.2 Å². The summed E-state index contributed by atoms with van der Waals surface area (Å²) in [5.41, 5.74) is 1.30. The first-order chi connectivity index (χ1) is 14.8. The van der Waals surface area contributed by atoms with E-state index in [1.807, 2.05) is 43.3 Å². The third kappa shape index (κ3) is 5.44. The Labute approximate surface area is 185 Å². The molecule has 1 saturated heterocycles. The molecule has 2 aromatic rings. The molecule has 0 radical (unpaired) electrons. The molecule has 1 aliphatic heterocycles. The molecule has 0 saturated carbocycles. The third-order valence-electron chi connectivity index (χ3n) is 5.63. The molecule has 1 unspecified atom stereocenters. The summed E-state index contributed by atoms with van der Waals surface area (Å²) in [5.74, 6) is 0.447. The van der Waals surface area contributed by atoms with Gasteiger partial charge in [0.05, 0.1) is 18.0 Å². The Morgan fingerprint density at radius 1 is 1.10 bits per heavy atom. The fourth-order valence-electron chi connectivity index (χ4n) is 3.86. The predicted octanol–water partition coefficient (Wildman–Crippen LogP) is 2.90. The topological polar surface area (TPSA) is 78.9 Å². The molecule has 8 heteroatoms. The number of ether oxygens (including phenoxy) is 1. The van der Waals surface area contributed by atoms with Crippen LogP contribution in [-0.2, 0) is 10.0 Å². The van der Waals surface area contributed by atoms with Crippen molar-refractivity contribution < 1.29 is 17.9 Å². The minimum atomic E-state index is -3.59. The quantitative estimate of drug-likeness (QED) is 0.676. The van der Waals surface area contributed by atoms with Crippen molar-refractivity contribution in [2.24, 2.45) is 0 Å². The maximum absolute atomic E-state index is 12.9. The number of likely N-dealkylation sites (N-methyl/N-ethyl adjacent to an activating group) is 1. The molecule has 0 bridgehead atoms. The standard InChI is InChI=1S/C23H31N3O4S/c1-25(2)21(20-12-5-6-13-22(20)30-3)17-24-23(27)18-10-9-11-19(16-18)31(28,29)26-14-7-4-8-15-26/h5-6,9-13,16,21H,4,7-8,14-15,17H2,1-3H3,(H,24,27).